The average Bonchev–Trinajstić information content (AvgIpc) is 2.53. The molecule has 0 aliphatic carbocycles. The molecule has 0 saturated heterocycles. The van der Waals surface area contributed by atoms with Gasteiger partial charge in [0, 0.05) is 6.20 Å². The van der Waals surface area contributed by atoms with Gasteiger partial charge in [0.25, 0.3) is 11.5 Å². The summed E-state index contributed by atoms with van der Waals surface area (Å²) in [5, 5.41) is 2.76. The molecule has 1 aromatic carbocycles. The third kappa shape index (κ3) is 4.18. The van der Waals surface area contributed by atoms with E-state index in [4.69, 9.17) is 4.74 Å². The van der Waals surface area contributed by atoms with E-state index in [9.17, 15) is 9.59 Å². The number of rotatable bonds is 6. The van der Waals surface area contributed by atoms with Crippen LogP contribution in [0.2, 0.25) is 0 Å². The summed E-state index contributed by atoms with van der Waals surface area (Å²) < 4.78 is 5.91. The number of H-pyrrole nitrogens is 1. The van der Waals surface area contributed by atoms with Gasteiger partial charge in [-0.25, -0.2) is 4.98 Å². The number of ether oxygens (including phenoxy) is 1. The highest BCUT2D eigenvalue weighted by Crippen LogP contribution is 2.18. The van der Waals surface area contributed by atoms with E-state index in [1.165, 1.54) is 6.20 Å². The highest BCUT2D eigenvalue weighted by Gasteiger charge is 2.13. The van der Waals surface area contributed by atoms with Crippen molar-refractivity contribution >= 4 is 5.91 Å². The first kappa shape index (κ1) is 15.8. The Kier molecular flexibility index (Phi) is 5.30. The van der Waals surface area contributed by atoms with E-state index in [1.54, 1.807) is 0 Å². The average molecular weight is 301 g/mol. The molecule has 116 valence electrons. The normalized spacial score (nSPS) is 11.7. The Morgan fingerprint density at radius 1 is 1.41 bits per heavy atom. The molecule has 0 radical (unpaired) electrons. The maximum absolute atomic E-state index is 11.9. The van der Waals surface area contributed by atoms with Gasteiger partial charge >= 0.3 is 0 Å². The Labute approximate surface area is 128 Å². The number of aryl methyl sites for hydroxylation is 1. The first-order valence-corrected chi connectivity index (χ1v) is 7.15. The van der Waals surface area contributed by atoms with Gasteiger partial charge in [0.1, 0.15) is 17.5 Å². The zero-order chi connectivity index (χ0) is 15.9. The molecule has 1 amide bonds. The Hall–Kier alpha value is -2.63. The number of benzene rings is 1. The van der Waals surface area contributed by atoms with E-state index in [0.29, 0.717) is 6.54 Å². The Balaban J connectivity index is 1.93. The van der Waals surface area contributed by atoms with Gasteiger partial charge in [-0.05, 0) is 25.0 Å². The van der Waals surface area contributed by atoms with Crippen molar-refractivity contribution in [1.29, 1.82) is 0 Å². The summed E-state index contributed by atoms with van der Waals surface area (Å²) in [4.78, 5) is 29.1. The van der Waals surface area contributed by atoms with Gasteiger partial charge in [0.15, 0.2) is 0 Å². The first-order valence-electron chi connectivity index (χ1n) is 7.15. The fraction of sp³-hybridized carbons (Fsp3) is 0.312. The summed E-state index contributed by atoms with van der Waals surface area (Å²) in [7, 11) is 0. The smallest absolute Gasteiger partial charge is 0.271 e. The molecule has 0 aliphatic heterocycles. The minimum atomic E-state index is -0.344. The van der Waals surface area contributed by atoms with E-state index in [2.05, 4.69) is 15.3 Å². The number of para-hydroxylation sites is 1. The number of aromatic nitrogens is 2. The van der Waals surface area contributed by atoms with Gasteiger partial charge in [-0.2, -0.15) is 0 Å². The molecule has 1 atom stereocenters. The van der Waals surface area contributed by atoms with Crippen molar-refractivity contribution in [2.75, 3.05) is 6.54 Å². The van der Waals surface area contributed by atoms with Crippen molar-refractivity contribution in [2.45, 2.75) is 26.4 Å². The van der Waals surface area contributed by atoms with Crippen LogP contribution >= 0.6 is 0 Å². The number of carbonyl (C=O) groups is 1. The minimum Gasteiger partial charge on any atom is -0.488 e. The molecular formula is C16H19N3O3. The van der Waals surface area contributed by atoms with Crippen molar-refractivity contribution < 1.29 is 9.53 Å². The molecule has 0 aliphatic rings. The minimum absolute atomic E-state index is 0.132. The molecule has 2 N–H and O–H groups in total. The van der Waals surface area contributed by atoms with E-state index in [-0.39, 0.29) is 23.3 Å². The van der Waals surface area contributed by atoms with Crippen LogP contribution < -0.4 is 15.6 Å². The summed E-state index contributed by atoms with van der Waals surface area (Å²) in [6.45, 7) is 4.34. The number of amides is 1. The Morgan fingerprint density at radius 2 is 2.18 bits per heavy atom. The summed E-state index contributed by atoms with van der Waals surface area (Å²) in [5.74, 6) is 0.467. The lowest BCUT2D eigenvalue weighted by atomic mass is 10.2. The molecule has 1 aromatic heterocycles. The molecule has 0 spiro atoms. The number of aromatic amines is 1. The zero-order valence-corrected chi connectivity index (χ0v) is 12.6. The molecule has 6 heteroatoms. The fourth-order valence-corrected chi connectivity index (χ4v) is 1.90. The third-order valence-electron chi connectivity index (χ3n) is 3.24. The van der Waals surface area contributed by atoms with Crippen LogP contribution in [0.15, 0.2) is 41.5 Å². The predicted molar refractivity (Wildman–Crippen MR) is 83.1 cm³/mol. The van der Waals surface area contributed by atoms with Crippen molar-refractivity contribution in [2.24, 2.45) is 0 Å². The zero-order valence-electron chi connectivity index (χ0n) is 12.6. The van der Waals surface area contributed by atoms with Crippen LogP contribution in [0.1, 0.15) is 29.4 Å². The molecule has 1 unspecified atom stereocenters. The molecule has 2 rings (SSSR count). The van der Waals surface area contributed by atoms with Crippen LogP contribution in [-0.4, -0.2) is 28.5 Å². The van der Waals surface area contributed by atoms with Crippen molar-refractivity contribution in [3.63, 3.8) is 0 Å². The number of nitrogens with zero attached hydrogens (tertiary/aromatic N) is 1. The number of nitrogens with one attached hydrogen (secondary N) is 2. The monoisotopic (exact) mass is 301 g/mol. The van der Waals surface area contributed by atoms with Crippen LogP contribution in [0, 0.1) is 6.92 Å². The van der Waals surface area contributed by atoms with Gasteiger partial charge < -0.3 is 15.0 Å². The largest absolute Gasteiger partial charge is 0.488 e. The van der Waals surface area contributed by atoms with Crippen molar-refractivity contribution in [3.05, 3.63) is 58.3 Å². The molecule has 6 nitrogen and oxygen atoms in total. The highest BCUT2D eigenvalue weighted by molar-refractivity contribution is 5.91. The Bertz CT molecular complexity index is 677. The van der Waals surface area contributed by atoms with Crippen LogP contribution in [0.5, 0.6) is 5.75 Å². The lowest BCUT2D eigenvalue weighted by Crippen LogP contribution is -2.35. The van der Waals surface area contributed by atoms with Crippen molar-refractivity contribution in [1.82, 2.24) is 15.3 Å². The summed E-state index contributed by atoms with van der Waals surface area (Å²) >= 11 is 0. The summed E-state index contributed by atoms with van der Waals surface area (Å²) in [6.07, 6.45) is 3.00. The van der Waals surface area contributed by atoms with Gasteiger partial charge in [-0.15, -0.1) is 0 Å². The van der Waals surface area contributed by atoms with Crippen molar-refractivity contribution in [3.8, 4) is 5.75 Å². The molecule has 1 heterocycles. The van der Waals surface area contributed by atoms with Gasteiger partial charge in [0.05, 0.1) is 12.7 Å². The van der Waals surface area contributed by atoms with E-state index in [1.807, 2.05) is 38.1 Å². The molecule has 0 saturated carbocycles. The molecular weight excluding hydrogens is 282 g/mol. The van der Waals surface area contributed by atoms with Crippen LogP contribution in [-0.2, 0) is 0 Å². The maximum atomic E-state index is 11.9. The maximum Gasteiger partial charge on any atom is 0.271 e. The second kappa shape index (κ2) is 7.40. The molecule has 2 aromatic rings. The SMILES string of the molecule is CCC(CNC(=O)c1c[nH]c(=O)cn1)Oc1ccccc1C. The van der Waals surface area contributed by atoms with E-state index < -0.39 is 0 Å². The number of hydrogen-bond donors (Lipinski definition) is 2. The molecule has 0 fully saturated rings. The first-order chi connectivity index (χ1) is 10.6. The van der Waals surface area contributed by atoms with Gasteiger partial charge in [-0.3, -0.25) is 9.59 Å². The molecule has 22 heavy (non-hydrogen) atoms. The van der Waals surface area contributed by atoms with Crippen LogP contribution in [0.4, 0.5) is 0 Å². The summed E-state index contributed by atoms with van der Waals surface area (Å²) in [5.41, 5.74) is 0.880. The van der Waals surface area contributed by atoms with E-state index >= 15 is 0 Å². The lowest BCUT2D eigenvalue weighted by Gasteiger charge is -2.19. The number of carbonyl (C=O) groups excluding carboxylic acids is 1. The van der Waals surface area contributed by atoms with Gasteiger partial charge in [-0.1, -0.05) is 25.1 Å². The van der Waals surface area contributed by atoms with Crippen LogP contribution in [0.3, 0.4) is 0 Å². The topological polar surface area (TPSA) is 84.1 Å². The third-order valence-corrected chi connectivity index (χ3v) is 3.24. The number of hydrogen-bond acceptors (Lipinski definition) is 4. The summed E-state index contributed by atoms with van der Waals surface area (Å²) in [6, 6.07) is 7.75. The fourth-order valence-electron chi connectivity index (χ4n) is 1.90. The van der Waals surface area contributed by atoms with Gasteiger partial charge in [0.2, 0.25) is 0 Å². The second-order valence-corrected chi connectivity index (χ2v) is 4.92. The second-order valence-electron chi connectivity index (χ2n) is 4.92. The standard InChI is InChI=1S/C16H19N3O3/c1-3-12(22-14-7-5-4-6-11(14)2)8-19-16(21)13-9-18-15(20)10-17-13/h4-7,9-10,12H,3,8H2,1-2H3,(H,18,20)(H,19,21). The highest BCUT2D eigenvalue weighted by atomic mass is 16.5. The predicted octanol–water partition coefficient (Wildman–Crippen LogP) is 1.67. The van der Waals surface area contributed by atoms with E-state index in [0.717, 1.165) is 23.9 Å². The molecule has 0 bridgehead atoms. The Morgan fingerprint density at radius 3 is 2.82 bits per heavy atom. The van der Waals surface area contributed by atoms with Crippen LogP contribution in [0.25, 0.3) is 0 Å². The lowest BCUT2D eigenvalue weighted by molar-refractivity contribution is 0.0920. The quantitative estimate of drug-likeness (QED) is 0.850.